The highest BCUT2D eigenvalue weighted by atomic mass is 16.2. The molecular weight excluding hydrogens is 352 g/mol. The summed E-state index contributed by atoms with van der Waals surface area (Å²) in [5.41, 5.74) is 0. The Morgan fingerprint density at radius 2 is 1.07 bits per heavy atom. The van der Waals surface area contributed by atoms with Crippen LogP contribution in [0.5, 0.6) is 0 Å². The van der Waals surface area contributed by atoms with E-state index in [4.69, 9.17) is 0 Å². The van der Waals surface area contributed by atoms with Crippen molar-refractivity contribution in [2.45, 2.75) is 76.3 Å². The molecule has 0 aromatic rings. The second-order valence-corrected chi connectivity index (χ2v) is 9.28. The van der Waals surface area contributed by atoms with E-state index >= 15 is 0 Å². The van der Waals surface area contributed by atoms with Crippen molar-refractivity contribution < 1.29 is 9.59 Å². The largest absolute Gasteiger partial charge is 0.338 e. The van der Waals surface area contributed by atoms with Crippen molar-refractivity contribution in [3.05, 3.63) is 0 Å². The first-order valence-electron chi connectivity index (χ1n) is 11.7. The van der Waals surface area contributed by atoms with E-state index in [0.29, 0.717) is 23.9 Å². The molecule has 6 heteroatoms. The topological polar surface area (TPSA) is 47.1 Å². The number of likely N-dealkylation sites (tertiary alicyclic amines) is 4. The summed E-state index contributed by atoms with van der Waals surface area (Å²) in [6.45, 7) is 8.56. The number of amides is 2. The minimum absolute atomic E-state index is 0.378. The van der Waals surface area contributed by atoms with Gasteiger partial charge in [-0.2, -0.15) is 0 Å². The number of carbonyl (C=O) groups excluding carboxylic acids is 2. The molecule has 0 bridgehead atoms. The first-order valence-corrected chi connectivity index (χ1v) is 11.7. The van der Waals surface area contributed by atoms with Gasteiger partial charge >= 0.3 is 0 Å². The van der Waals surface area contributed by atoms with Crippen LogP contribution in [-0.2, 0) is 9.59 Å². The average Bonchev–Trinajstić information content (AvgIpc) is 2.73. The van der Waals surface area contributed by atoms with E-state index in [1.807, 2.05) is 0 Å². The fraction of sp³-hybridized carbons (Fsp3) is 0.909. The van der Waals surface area contributed by atoms with Gasteiger partial charge in [-0.25, -0.2) is 0 Å². The summed E-state index contributed by atoms with van der Waals surface area (Å²) in [6, 6.07) is 0.864. The third-order valence-electron chi connectivity index (χ3n) is 7.30. The lowest BCUT2D eigenvalue weighted by atomic mass is 9.99. The van der Waals surface area contributed by atoms with Gasteiger partial charge in [0.2, 0.25) is 11.8 Å². The summed E-state index contributed by atoms with van der Waals surface area (Å²) in [6.07, 6.45) is 10.7. The lowest BCUT2D eigenvalue weighted by Gasteiger charge is -2.43. The molecule has 0 saturated carbocycles. The van der Waals surface area contributed by atoms with E-state index in [-0.39, 0.29) is 0 Å². The zero-order chi connectivity index (χ0) is 19.3. The Hall–Kier alpha value is -1.14. The van der Waals surface area contributed by atoms with Crippen molar-refractivity contribution in [1.82, 2.24) is 19.6 Å². The van der Waals surface area contributed by atoms with Crippen LogP contribution in [0.1, 0.15) is 64.2 Å². The van der Waals surface area contributed by atoms with Crippen LogP contribution in [0, 0.1) is 0 Å². The third kappa shape index (κ3) is 4.88. The molecule has 6 nitrogen and oxygen atoms in total. The van der Waals surface area contributed by atoms with Gasteiger partial charge in [0.15, 0.2) is 0 Å². The average molecular weight is 391 g/mol. The molecule has 4 fully saturated rings. The summed E-state index contributed by atoms with van der Waals surface area (Å²) in [5, 5.41) is 0. The van der Waals surface area contributed by atoms with Crippen LogP contribution in [0.3, 0.4) is 0 Å². The van der Waals surface area contributed by atoms with Crippen molar-refractivity contribution >= 4 is 11.8 Å². The van der Waals surface area contributed by atoms with Gasteiger partial charge < -0.3 is 19.6 Å². The molecule has 4 heterocycles. The Kier molecular flexibility index (Phi) is 6.89. The molecule has 2 amide bonds. The van der Waals surface area contributed by atoms with Crippen LogP contribution < -0.4 is 0 Å². The van der Waals surface area contributed by atoms with Crippen molar-refractivity contribution in [3.8, 4) is 0 Å². The minimum atomic E-state index is 0.378. The molecule has 2 unspecified atom stereocenters. The van der Waals surface area contributed by atoms with E-state index in [9.17, 15) is 9.59 Å². The zero-order valence-electron chi connectivity index (χ0n) is 17.5. The van der Waals surface area contributed by atoms with Crippen molar-refractivity contribution in [3.63, 3.8) is 0 Å². The van der Waals surface area contributed by atoms with Crippen LogP contribution in [0.25, 0.3) is 0 Å². The number of carbonyl (C=O) groups is 2. The maximum absolute atomic E-state index is 12.3. The lowest BCUT2D eigenvalue weighted by Crippen LogP contribution is -2.54. The summed E-state index contributed by atoms with van der Waals surface area (Å²) in [5.74, 6) is 0.756. The van der Waals surface area contributed by atoms with Gasteiger partial charge in [-0.3, -0.25) is 9.59 Å². The van der Waals surface area contributed by atoms with Gasteiger partial charge in [0.1, 0.15) is 0 Å². The Morgan fingerprint density at radius 3 is 1.50 bits per heavy atom. The van der Waals surface area contributed by atoms with Crippen LogP contribution in [-0.4, -0.2) is 95.9 Å². The summed E-state index contributed by atoms with van der Waals surface area (Å²) < 4.78 is 0. The first kappa shape index (κ1) is 20.1. The lowest BCUT2D eigenvalue weighted by molar-refractivity contribution is -0.138. The Balaban J connectivity index is 1.24. The fourth-order valence-electron chi connectivity index (χ4n) is 5.69. The fourth-order valence-corrected chi connectivity index (χ4v) is 5.69. The maximum Gasteiger partial charge on any atom is 0.222 e. The molecule has 0 radical (unpaired) electrons. The van der Waals surface area contributed by atoms with Crippen LogP contribution in [0.4, 0.5) is 0 Å². The van der Waals surface area contributed by atoms with Crippen LogP contribution in [0.2, 0.25) is 0 Å². The quantitative estimate of drug-likeness (QED) is 0.720. The maximum atomic E-state index is 12.3. The molecule has 158 valence electrons. The monoisotopic (exact) mass is 390 g/mol. The number of hydrogen-bond acceptors (Lipinski definition) is 4. The Labute approximate surface area is 170 Å². The van der Waals surface area contributed by atoms with Crippen molar-refractivity contribution in [1.29, 1.82) is 0 Å². The summed E-state index contributed by atoms with van der Waals surface area (Å²) >= 11 is 0. The second kappa shape index (κ2) is 9.57. The van der Waals surface area contributed by atoms with Gasteiger partial charge in [-0.15, -0.1) is 0 Å². The summed E-state index contributed by atoms with van der Waals surface area (Å²) in [7, 11) is 0. The van der Waals surface area contributed by atoms with Crippen LogP contribution >= 0.6 is 0 Å². The van der Waals surface area contributed by atoms with Crippen molar-refractivity contribution in [2.24, 2.45) is 0 Å². The van der Waals surface area contributed by atoms with Crippen molar-refractivity contribution in [2.75, 3.05) is 52.4 Å². The molecule has 0 aromatic heterocycles. The SMILES string of the molecule is O=C1CCCCN1C1CCCN(CCN2CCCC(N3CCCCC3=O)C2)C1. The predicted molar refractivity (Wildman–Crippen MR) is 110 cm³/mol. The molecule has 28 heavy (non-hydrogen) atoms. The van der Waals surface area contributed by atoms with Gasteiger partial charge in [-0.05, 0) is 64.5 Å². The molecule has 0 spiro atoms. The van der Waals surface area contributed by atoms with E-state index in [1.165, 1.54) is 51.6 Å². The first-order chi connectivity index (χ1) is 13.7. The second-order valence-electron chi connectivity index (χ2n) is 9.28. The molecule has 0 N–H and O–H groups in total. The van der Waals surface area contributed by atoms with E-state index in [0.717, 1.165) is 65.0 Å². The molecular formula is C22H38N4O2. The van der Waals surface area contributed by atoms with Crippen LogP contribution in [0.15, 0.2) is 0 Å². The zero-order valence-corrected chi connectivity index (χ0v) is 17.5. The molecule has 0 aliphatic carbocycles. The Morgan fingerprint density at radius 1 is 0.607 bits per heavy atom. The number of nitrogens with zero attached hydrogens (tertiary/aromatic N) is 4. The van der Waals surface area contributed by atoms with E-state index in [2.05, 4.69) is 19.6 Å². The molecule has 0 aromatic carbocycles. The molecule has 4 rings (SSSR count). The smallest absolute Gasteiger partial charge is 0.222 e. The Bertz CT molecular complexity index is 507. The molecule has 2 atom stereocenters. The molecule has 4 aliphatic heterocycles. The number of rotatable bonds is 5. The standard InChI is InChI=1S/C22H38N4O2/c27-21-9-1-3-13-25(21)19-7-5-11-23(17-19)15-16-24-12-6-8-20(18-24)26-14-4-2-10-22(26)28/h19-20H,1-18H2. The highest BCUT2D eigenvalue weighted by molar-refractivity contribution is 5.77. The normalized spacial score (nSPS) is 31.4. The van der Waals surface area contributed by atoms with Gasteiger partial charge in [0.05, 0.1) is 0 Å². The van der Waals surface area contributed by atoms with E-state index < -0.39 is 0 Å². The third-order valence-corrected chi connectivity index (χ3v) is 7.30. The summed E-state index contributed by atoms with van der Waals surface area (Å²) in [4.78, 5) is 34.1. The van der Waals surface area contributed by atoms with E-state index in [1.54, 1.807) is 0 Å². The highest BCUT2D eigenvalue weighted by Crippen LogP contribution is 2.23. The molecule has 4 aliphatic rings. The minimum Gasteiger partial charge on any atom is -0.338 e. The van der Waals surface area contributed by atoms with Gasteiger partial charge in [-0.1, -0.05) is 0 Å². The number of piperidine rings is 4. The van der Waals surface area contributed by atoms with Gasteiger partial charge in [0, 0.05) is 64.2 Å². The predicted octanol–water partition coefficient (Wildman–Crippen LogP) is 1.94. The highest BCUT2D eigenvalue weighted by Gasteiger charge is 2.32. The molecule has 4 saturated heterocycles. The number of hydrogen-bond donors (Lipinski definition) is 0. The van der Waals surface area contributed by atoms with Gasteiger partial charge in [0.25, 0.3) is 0 Å².